The molecule has 0 aliphatic carbocycles. The number of rotatable bonds is 5. The van der Waals surface area contributed by atoms with E-state index in [1.165, 1.54) is 6.42 Å². The average Bonchev–Trinajstić information content (AvgIpc) is 3.34. The van der Waals surface area contributed by atoms with E-state index < -0.39 is 0 Å². The van der Waals surface area contributed by atoms with Gasteiger partial charge in [0.2, 0.25) is 5.91 Å². The Balaban J connectivity index is 1.31. The van der Waals surface area contributed by atoms with Crippen LogP contribution in [0.25, 0.3) is 0 Å². The highest BCUT2D eigenvalue weighted by molar-refractivity contribution is 5.94. The van der Waals surface area contributed by atoms with Gasteiger partial charge in [0.15, 0.2) is 5.96 Å². The first-order valence-electron chi connectivity index (χ1n) is 10.3. The first kappa shape index (κ1) is 19.1. The molecule has 2 N–H and O–H groups in total. The minimum absolute atomic E-state index is 0.0827. The predicted octanol–water partition coefficient (Wildman–Crippen LogP) is 2.03. The topological polar surface area (TPSA) is 75.2 Å². The minimum atomic E-state index is 0.0827. The molecule has 1 atom stereocenters. The largest absolute Gasteiger partial charge is 0.492 e. The predicted molar refractivity (Wildman–Crippen MR) is 109 cm³/mol. The molecule has 4 rings (SSSR count). The maximum atomic E-state index is 11.5. The Morgan fingerprint density at radius 1 is 1.39 bits per heavy atom. The number of ether oxygens (including phenoxy) is 2. The molecule has 1 aromatic carbocycles. The molecule has 3 aliphatic heterocycles. The minimum Gasteiger partial charge on any atom is -0.492 e. The summed E-state index contributed by atoms with van der Waals surface area (Å²) in [7, 11) is 0. The number of nitrogens with zero attached hydrogens (tertiary/aromatic N) is 2. The lowest BCUT2D eigenvalue weighted by molar-refractivity contribution is -0.116. The normalized spacial score (nSPS) is 24.4. The van der Waals surface area contributed by atoms with Crippen molar-refractivity contribution in [2.75, 3.05) is 51.3 Å². The third-order valence-electron chi connectivity index (χ3n) is 5.85. The molecule has 2 fully saturated rings. The Labute approximate surface area is 166 Å². The lowest BCUT2D eigenvalue weighted by Gasteiger charge is -2.25. The second-order valence-electron chi connectivity index (χ2n) is 7.93. The second-order valence-corrected chi connectivity index (χ2v) is 7.93. The summed E-state index contributed by atoms with van der Waals surface area (Å²) in [5.41, 5.74) is 2.36. The number of aliphatic imine (C=N–C) groups is 1. The summed E-state index contributed by atoms with van der Waals surface area (Å²) in [6, 6.07) is 5.85. The summed E-state index contributed by atoms with van der Waals surface area (Å²) in [5.74, 6) is 1.89. The molecule has 1 amide bonds. The van der Waals surface area contributed by atoms with E-state index in [-0.39, 0.29) is 5.91 Å². The molecule has 0 bridgehead atoms. The van der Waals surface area contributed by atoms with Gasteiger partial charge in [-0.05, 0) is 49.9 Å². The Bertz CT molecular complexity index is 743. The molecule has 0 radical (unpaired) electrons. The monoisotopic (exact) mass is 386 g/mol. The molecule has 3 heterocycles. The Kier molecular flexibility index (Phi) is 5.71. The van der Waals surface area contributed by atoms with Gasteiger partial charge < -0.3 is 25.0 Å². The van der Waals surface area contributed by atoms with E-state index in [4.69, 9.17) is 14.5 Å². The van der Waals surface area contributed by atoms with E-state index >= 15 is 0 Å². The molecule has 28 heavy (non-hydrogen) atoms. The number of guanidine groups is 1. The summed E-state index contributed by atoms with van der Waals surface area (Å²) in [6.45, 7) is 7.92. The number of likely N-dealkylation sites (tertiary alicyclic amines) is 1. The number of anilines is 1. The van der Waals surface area contributed by atoms with Gasteiger partial charge in [0, 0.05) is 43.8 Å². The molecule has 1 unspecified atom stereocenters. The smallest absolute Gasteiger partial charge is 0.224 e. The number of benzene rings is 1. The quantitative estimate of drug-likeness (QED) is 0.460. The van der Waals surface area contributed by atoms with Gasteiger partial charge in [-0.3, -0.25) is 4.79 Å². The summed E-state index contributed by atoms with van der Waals surface area (Å²) in [6.07, 6.45) is 3.64. The van der Waals surface area contributed by atoms with E-state index in [9.17, 15) is 4.79 Å². The number of hydrogen-bond donors (Lipinski definition) is 2. The van der Waals surface area contributed by atoms with Crippen LogP contribution in [-0.4, -0.2) is 62.8 Å². The fourth-order valence-corrected chi connectivity index (χ4v) is 4.28. The molecule has 0 aromatic heterocycles. The van der Waals surface area contributed by atoms with Gasteiger partial charge in [-0.1, -0.05) is 0 Å². The molecule has 1 spiro atoms. The van der Waals surface area contributed by atoms with Crippen molar-refractivity contribution in [2.45, 2.75) is 32.6 Å². The van der Waals surface area contributed by atoms with Crippen molar-refractivity contribution in [3.8, 4) is 5.75 Å². The first-order chi connectivity index (χ1) is 13.7. The van der Waals surface area contributed by atoms with E-state index in [0.29, 0.717) is 25.0 Å². The zero-order valence-electron chi connectivity index (χ0n) is 16.6. The van der Waals surface area contributed by atoms with Gasteiger partial charge in [-0.15, -0.1) is 0 Å². The van der Waals surface area contributed by atoms with Gasteiger partial charge >= 0.3 is 0 Å². The SMILES string of the molecule is CCNC(=NCCOc1ccc2c(c1)CCC(=O)N2)N1CCC2(CCOC2)C1. The van der Waals surface area contributed by atoms with Crippen molar-refractivity contribution >= 4 is 17.6 Å². The lowest BCUT2D eigenvalue weighted by Crippen LogP contribution is -2.41. The Morgan fingerprint density at radius 3 is 3.14 bits per heavy atom. The first-order valence-corrected chi connectivity index (χ1v) is 10.3. The van der Waals surface area contributed by atoms with E-state index in [2.05, 4.69) is 22.5 Å². The molecular weight excluding hydrogens is 356 g/mol. The molecule has 3 aliphatic rings. The third-order valence-corrected chi connectivity index (χ3v) is 5.85. The van der Waals surface area contributed by atoms with Crippen molar-refractivity contribution < 1.29 is 14.3 Å². The van der Waals surface area contributed by atoms with Gasteiger partial charge in [0.1, 0.15) is 12.4 Å². The molecule has 0 saturated carbocycles. The van der Waals surface area contributed by atoms with Crippen molar-refractivity contribution in [2.24, 2.45) is 10.4 Å². The van der Waals surface area contributed by atoms with Gasteiger partial charge in [-0.25, -0.2) is 4.99 Å². The van der Waals surface area contributed by atoms with E-state index in [1.54, 1.807) is 0 Å². The second kappa shape index (κ2) is 8.39. The molecule has 152 valence electrons. The molecule has 7 nitrogen and oxygen atoms in total. The third kappa shape index (κ3) is 4.24. The standard InChI is InChI=1S/C21H30N4O3/c1-2-22-20(25-10-7-21(14-25)8-11-27-15-21)23-9-12-28-17-4-5-18-16(13-17)3-6-19(26)24-18/h4-5,13H,2-3,6-12,14-15H2,1H3,(H,22,23)(H,24,26). The molecule has 1 aromatic rings. The van der Waals surface area contributed by atoms with Crippen LogP contribution in [0, 0.1) is 5.41 Å². The van der Waals surface area contributed by atoms with Crippen LogP contribution in [0.15, 0.2) is 23.2 Å². The summed E-state index contributed by atoms with van der Waals surface area (Å²) < 4.78 is 11.5. The Morgan fingerprint density at radius 2 is 2.32 bits per heavy atom. The molecular formula is C21H30N4O3. The lowest BCUT2D eigenvalue weighted by atomic mass is 9.87. The van der Waals surface area contributed by atoms with Gasteiger partial charge in [0.25, 0.3) is 0 Å². The fraction of sp³-hybridized carbons (Fsp3) is 0.619. The summed E-state index contributed by atoms with van der Waals surface area (Å²) in [5, 5.41) is 6.31. The van der Waals surface area contributed by atoms with Crippen LogP contribution < -0.4 is 15.4 Å². The highest BCUT2D eigenvalue weighted by Gasteiger charge is 2.42. The summed E-state index contributed by atoms with van der Waals surface area (Å²) in [4.78, 5) is 18.6. The highest BCUT2D eigenvalue weighted by Crippen LogP contribution is 2.38. The van der Waals surface area contributed by atoms with Crippen LogP contribution in [0.1, 0.15) is 31.7 Å². The fourth-order valence-electron chi connectivity index (χ4n) is 4.28. The number of carbonyl (C=O) groups is 1. The van der Waals surface area contributed by atoms with Crippen molar-refractivity contribution in [1.82, 2.24) is 10.2 Å². The zero-order chi connectivity index (χ0) is 19.4. The van der Waals surface area contributed by atoms with Gasteiger partial charge in [-0.2, -0.15) is 0 Å². The van der Waals surface area contributed by atoms with Crippen molar-refractivity contribution in [1.29, 1.82) is 0 Å². The number of carbonyl (C=O) groups excluding carboxylic acids is 1. The maximum Gasteiger partial charge on any atom is 0.224 e. The number of hydrogen-bond acceptors (Lipinski definition) is 4. The molecule has 7 heteroatoms. The number of fused-ring (bicyclic) bond motifs is 1. The van der Waals surface area contributed by atoms with Crippen LogP contribution in [0.4, 0.5) is 5.69 Å². The van der Waals surface area contributed by atoms with E-state index in [0.717, 1.165) is 68.6 Å². The highest BCUT2D eigenvalue weighted by atomic mass is 16.5. The van der Waals surface area contributed by atoms with Crippen LogP contribution in [0.2, 0.25) is 0 Å². The van der Waals surface area contributed by atoms with Gasteiger partial charge in [0.05, 0.1) is 13.2 Å². The summed E-state index contributed by atoms with van der Waals surface area (Å²) >= 11 is 0. The maximum absolute atomic E-state index is 11.5. The van der Waals surface area contributed by atoms with Crippen molar-refractivity contribution in [3.63, 3.8) is 0 Å². The number of aryl methyl sites for hydroxylation is 1. The zero-order valence-corrected chi connectivity index (χ0v) is 16.6. The Hall–Kier alpha value is -2.28. The van der Waals surface area contributed by atoms with E-state index in [1.807, 2.05) is 18.2 Å². The number of amides is 1. The molecule has 2 saturated heterocycles. The van der Waals surface area contributed by atoms with Crippen LogP contribution >= 0.6 is 0 Å². The van der Waals surface area contributed by atoms with Crippen LogP contribution in [0.5, 0.6) is 5.75 Å². The number of nitrogens with one attached hydrogen (secondary N) is 2. The van der Waals surface area contributed by atoms with Crippen LogP contribution in [0.3, 0.4) is 0 Å². The van der Waals surface area contributed by atoms with Crippen molar-refractivity contribution in [3.05, 3.63) is 23.8 Å². The average molecular weight is 386 g/mol. The van der Waals surface area contributed by atoms with Crippen LogP contribution in [-0.2, 0) is 16.0 Å².